The van der Waals surface area contributed by atoms with E-state index in [0.717, 1.165) is 11.0 Å². The normalized spacial score (nSPS) is 23.1. The molecular formula is C12H12FNO4. The lowest BCUT2D eigenvalue weighted by molar-refractivity contribution is -0.141. The SMILES string of the molecule is O=C(O)[C@@H]1CC(O)CN1C(=O)c1ccccc1F. The van der Waals surface area contributed by atoms with E-state index in [2.05, 4.69) is 0 Å². The first kappa shape index (κ1) is 12.5. The molecule has 0 bridgehead atoms. The molecule has 1 heterocycles. The van der Waals surface area contributed by atoms with Crippen molar-refractivity contribution in [3.8, 4) is 0 Å². The predicted octanol–water partition coefficient (Wildman–Crippen LogP) is 0.486. The molecular weight excluding hydrogens is 241 g/mol. The largest absolute Gasteiger partial charge is 0.480 e. The summed E-state index contributed by atoms with van der Waals surface area (Å²) in [6.07, 6.45) is -0.919. The molecule has 18 heavy (non-hydrogen) atoms. The van der Waals surface area contributed by atoms with Gasteiger partial charge in [0.1, 0.15) is 11.9 Å². The summed E-state index contributed by atoms with van der Waals surface area (Å²) in [5.41, 5.74) is -0.183. The number of hydrogen-bond acceptors (Lipinski definition) is 3. The van der Waals surface area contributed by atoms with Gasteiger partial charge in [-0.3, -0.25) is 4.79 Å². The molecule has 2 rings (SSSR count). The van der Waals surface area contributed by atoms with Crippen molar-refractivity contribution in [2.24, 2.45) is 0 Å². The monoisotopic (exact) mass is 253 g/mol. The zero-order valence-electron chi connectivity index (χ0n) is 9.41. The van der Waals surface area contributed by atoms with Crippen LogP contribution in [0, 0.1) is 5.82 Å². The minimum absolute atomic E-state index is 0.0322. The third kappa shape index (κ3) is 2.19. The van der Waals surface area contributed by atoms with Gasteiger partial charge in [-0.05, 0) is 12.1 Å². The van der Waals surface area contributed by atoms with Crippen LogP contribution in [-0.4, -0.2) is 45.7 Å². The first-order valence-electron chi connectivity index (χ1n) is 5.47. The maximum absolute atomic E-state index is 13.5. The molecule has 2 atom stereocenters. The molecule has 1 aromatic carbocycles. The smallest absolute Gasteiger partial charge is 0.326 e. The van der Waals surface area contributed by atoms with E-state index in [-0.39, 0.29) is 18.5 Å². The highest BCUT2D eigenvalue weighted by molar-refractivity contribution is 5.97. The highest BCUT2D eigenvalue weighted by atomic mass is 19.1. The van der Waals surface area contributed by atoms with Gasteiger partial charge in [0.15, 0.2) is 0 Å². The van der Waals surface area contributed by atoms with Gasteiger partial charge in [-0.1, -0.05) is 12.1 Å². The van der Waals surface area contributed by atoms with Gasteiger partial charge >= 0.3 is 5.97 Å². The first-order valence-corrected chi connectivity index (χ1v) is 5.47. The number of likely N-dealkylation sites (tertiary alicyclic amines) is 1. The first-order chi connectivity index (χ1) is 8.50. The molecule has 1 fully saturated rings. The molecule has 6 heteroatoms. The molecule has 0 aliphatic carbocycles. The van der Waals surface area contributed by atoms with Gasteiger partial charge in [0.25, 0.3) is 5.91 Å². The fraction of sp³-hybridized carbons (Fsp3) is 0.333. The van der Waals surface area contributed by atoms with Crippen LogP contribution in [0.5, 0.6) is 0 Å². The van der Waals surface area contributed by atoms with Crippen molar-refractivity contribution in [3.63, 3.8) is 0 Å². The van der Waals surface area contributed by atoms with Crippen LogP contribution in [-0.2, 0) is 4.79 Å². The molecule has 1 aliphatic rings. The summed E-state index contributed by atoms with van der Waals surface area (Å²) in [7, 11) is 0. The van der Waals surface area contributed by atoms with E-state index in [0.29, 0.717) is 0 Å². The Morgan fingerprint density at radius 1 is 1.33 bits per heavy atom. The van der Waals surface area contributed by atoms with E-state index in [1.165, 1.54) is 18.2 Å². The Hall–Kier alpha value is -1.95. The fourth-order valence-corrected chi connectivity index (χ4v) is 2.06. The quantitative estimate of drug-likeness (QED) is 0.804. The number of hydrogen-bond donors (Lipinski definition) is 2. The number of carboxylic acid groups (broad SMARTS) is 1. The molecule has 96 valence electrons. The minimum Gasteiger partial charge on any atom is -0.480 e. The summed E-state index contributed by atoms with van der Waals surface area (Å²) in [5, 5.41) is 18.4. The maximum Gasteiger partial charge on any atom is 0.326 e. The Kier molecular flexibility index (Phi) is 3.29. The molecule has 1 amide bonds. The summed E-state index contributed by atoms with van der Waals surface area (Å²) < 4.78 is 13.5. The van der Waals surface area contributed by atoms with E-state index in [4.69, 9.17) is 5.11 Å². The van der Waals surface area contributed by atoms with Crippen molar-refractivity contribution >= 4 is 11.9 Å². The lowest BCUT2D eigenvalue weighted by Crippen LogP contribution is -2.40. The Bertz CT molecular complexity index is 491. The highest BCUT2D eigenvalue weighted by Crippen LogP contribution is 2.21. The average Bonchev–Trinajstić information content (AvgIpc) is 2.71. The van der Waals surface area contributed by atoms with Crippen molar-refractivity contribution in [1.29, 1.82) is 0 Å². The summed E-state index contributed by atoms with van der Waals surface area (Å²) in [5.74, 6) is -2.61. The standard InChI is InChI=1S/C12H12FNO4/c13-9-4-2-1-3-8(9)11(16)14-6-7(15)5-10(14)12(17)18/h1-4,7,10,15H,5-6H2,(H,17,18)/t7?,10-/m0/s1. The Labute approximate surface area is 102 Å². The number of amides is 1. The number of carboxylic acids is 1. The minimum atomic E-state index is -1.20. The number of rotatable bonds is 2. The van der Waals surface area contributed by atoms with Crippen LogP contribution >= 0.6 is 0 Å². The number of nitrogens with zero attached hydrogens (tertiary/aromatic N) is 1. The van der Waals surface area contributed by atoms with Crippen molar-refractivity contribution < 1.29 is 24.2 Å². The molecule has 0 aromatic heterocycles. The Balaban J connectivity index is 2.28. The lowest BCUT2D eigenvalue weighted by Gasteiger charge is -2.21. The second-order valence-corrected chi connectivity index (χ2v) is 4.18. The number of β-amino-alcohol motifs (C(OH)–C–C–N with tert-alkyl or cyclic N) is 1. The molecule has 1 saturated heterocycles. The van der Waals surface area contributed by atoms with Crippen molar-refractivity contribution in [2.75, 3.05) is 6.54 Å². The van der Waals surface area contributed by atoms with Crippen molar-refractivity contribution in [2.45, 2.75) is 18.6 Å². The van der Waals surface area contributed by atoms with E-state index in [1.807, 2.05) is 0 Å². The number of aliphatic hydroxyl groups excluding tert-OH is 1. The van der Waals surface area contributed by atoms with Gasteiger partial charge in [0.05, 0.1) is 11.7 Å². The van der Waals surface area contributed by atoms with Crippen LogP contribution in [0.3, 0.4) is 0 Å². The Morgan fingerprint density at radius 3 is 2.61 bits per heavy atom. The molecule has 1 unspecified atom stereocenters. The van der Waals surface area contributed by atoms with Crippen LogP contribution in [0.25, 0.3) is 0 Å². The van der Waals surface area contributed by atoms with E-state index in [9.17, 15) is 19.1 Å². The van der Waals surface area contributed by atoms with Gasteiger partial charge in [0.2, 0.25) is 0 Å². The summed E-state index contributed by atoms with van der Waals surface area (Å²) >= 11 is 0. The van der Waals surface area contributed by atoms with Crippen LogP contribution in [0.4, 0.5) is 4.39 Å². The third-order valence-electron chi connectivity index (χ3n) is 2.93. The highest BCUT2D eigenvalue weighted by Gasteiger charge is 2.39. The van der Waals surface area contributed by atoms with E-state index < -0.39 is 29.8 Å². The molecule has 1 aromatic rings. The molecule has 5 nitrogen and oxygen atoms in total. The van der Waals surface area contributed by atoms with Gasteiger partial charge in [-0.25, -0.2) is 9.18 Å². The van der Waals surface area contributed by atoms with Crippen LogP contribution in [0.15, 0.2) is 24.3 Å². The zero-order valence-corrected chi connectivity index (χ0v) is 9.41. The van der Waals surface area contributed by atoms with Crippen LogP contribution in [0.1, 0.15) is 16.8 Å². The molecule has 0 radical (unpaired) electrons. The van der Waals surface area contributed by atoms with E-state index >= 15 is 0 Å². The molecule has 1 aliphatic heterocycles. The predicted molar refractivity (Wildman–Crippen MR) is 59.5 cm³/mol. The van der Waals surface area contributed by atoms with E-state index in [1.54, 1.807) is 0 Å². The van der Waals surface area contributed by atoms with Gasteiger partial charge < -0.3 is 15.1 Å². The fourth-order valence-electron chi connectivity index (χ4n) is 2.06. The molecule has 2 N–H and O–H groups in total. The number of aliphatic hydroxyl groups is 1. The zero-order chi connectivity index (χ0) is 13.3. The second kappa shape index (κ2) is 4.73. The topological polar surface area (TPSA) is 77.8 Å². The average molecular weight is 253 g/mol. The van der Waals surface area contributed by atoms with Gasteiger partial charge in [-0.2, -0.15) is 0 Å². The summed E-state index contributed by atoms with van der Waals surface area (Å²) in [4.78, 5) is 24.0. The third-order valence-corrected chi connectivity index (χ3v) is 2.93. The van der Waals surface area contributed by atoms with Crippen LogP contribution < -0.4 is 0 Å². The number of benzene rings is 1. The number of carbonyl (C=O) groups is 2. The van der Waals surface area contributed by atoms with Crippen molar-refractivity contribution in [1.82, 2.24) is 4.90 Å². The Morgan fingerprint density at radius 2 is 2.00 bits per heavy atom. The lowest BCUT2D eigenvalue weighted by atomic mass is 10.1. The number of aliphatic carboxylic acids is 1. The summed E-state index contributed by atoms with van der Waals surface area (Å²) in [6.45, 7) is -0.0931. The summed E-state index contributed by atoms with van der Waals surface area (Å²) in [6, 6.07) is 4.27. The van der Waals surface area contributed by atoms with Crippen molar-refractivity contribution in [3.05, 3.63) is 35.6 Å². The van der Waals surface area contributed by atoms with Gasteiger partial charge in [-0.15, -0.1) is 0 Å². The number of halogens is 1. The molecule has 0 spiro atoms. The second-order valence-electron chi connectivity index (χ2n) is 4.18. The van der Waals surface area contributed by atoms with Gasteiger partial charge in [0, 0.05) is 13.0 Å². The number of carbonyl (C=O) groups excluding carboxylic acids is 1. The van der Waals surface area contributed by atoms with Crippen LogP contribution in [0.2, 0.25) is 0 Å². The molecule has 0 saturated carbocycles. The maximum atomic E-state index is 13.5.